The van der Waals surface area contributed by atoms with E-state index in [-0.39, 0.29) is 23.9 Å². The van der Waals surface area contributed by atoms with Gasteiger partial charge >= 0.3 is 0 Å². The lowest BCUT2D eigenvalue weighted by molar-refractivity contribution is 0.324. The fourth-order valence-electron chi connectivity index (χ4n) is 4.61. The molecule has 0 bridgehead atoms. The van der Waals surface area contributed by atoms with Crippen LogP contribution >= 0.6 is 11.8 Å². The second kappa shape index (κ2) is 11.7. The molecule has 0 saturated heterocycles. The van der Waals surface area contributed by atoms with E-state index in [0.29, 0.717) is 16.6 Å². The minimum absolute atomic E-state index is 0.149. The van der Waals surface area contributed by atoms with Gasteiger partial charge in [-0.15, -0.1) is 0 Å². The maximum atomic E-state index is 14.8. The van der Waals surface area contributed by atoms with Gasteiger partial charge in [-0.1, -0.05) is 31.7 Å². The van der Waals surface area contributed by atoms with Crippen LogP contribution in [-0.4, -0.2) is 38.6 Å². The smallest absolute Gasteiger partial charge is 0.172 e. The normalized spacial score (nSPS) is 11.6. The topological polar surface area (TPSA) is 54.1 Å². The lowest BCUT2D eigenvalue weighted by Crippen LogP contribution is -2.23. The summed E-state index contributed by atoms with van der Waals surface area (Å²) >= 11 is 1.43. The van der Waals surface area contributed by atoms with E-state index in [1.54, 1.807) is 59.6 Å². The summed E-state index contributed by atoms with van der Waals surface area (Å²) in [4.78, 5) is 8.84. The molecule has 0 aliphatic heterocycles. The van der Waals surface area contributed by atoms with Crippen molar-refractivity contribution in [2.45, 2.75) is 31.3 Å². The van der Waals surface area contributed by atoms with Gasteiger partial charge in [0.05, 0.1) is 25.6 Å². The van der Waals surface area contributed by atoms with Crippen LogP contribution in [0, 0.1) is 24.4 Å². The number of nitrogens with zero attached hydrogens (tertiary/aromatic N) is 4. The number of halogens is 3. The number of hydrogen-bond acceptors (Lipinski definition) is 5. The molecule has 2 aromatic heterocycles. The molecule has 41 heavy (non-hydrogen) atoms. The first-order chi connectivity index (χ1) is 19.7. The summed E-state index contributed by atoms with van der Waals surface area (Å²) in [7, 11) is 1.43. The zero-order valence-corrected chi connectivity index (χ0v) is 23.9. The highest BCUT2D eigenvalue weighted by molar-refractivity contribution is 7.99. The van der Waals surface area contributed by atoms with Crippen molar-refractivity contribution >= 4 is 11.8 Å². The van der Waals surface area contributed by atoms with Crippen molar-refractivity contribution in [1.29, 1.82) is 0 Å². The van der Waals surface area contributed by atoms with Gasteiger partial charge in [0.2, 0.25) is 0 Å². The first kappa shape index (κ1) is 28.4. The van der Waals surface area contributed by atoms with Gasteiger partial charge in [-0.2, -0.15) is 0 Å². The molecule has 0 spiro atoms. The van der Waals surface area contributed by atoms with Crippen molar-refractivity contribution in [2.75, 3.05) is 19.5 Å². The van der Waals surface area contributed by atoms with E-state index in [1.165, 1.54) is 43.1 Å². The molecule has 2 heterocycles. The molecule has 10 heteroatoms. The van der Waals surface area contributed by atoms with Gasteiger partial charge in [0.15, 0.2) is 28.3 Å². The Balaban J connectivity index is 1.37. The Morgan fingerprint density at radius 3 is 2.32 bits per heavy atom. The lowest BCUT2D eigenvalue weighted by Gasteiger charge is -2.28. The molecule has 6 nitrogen and oxygen atoms in total. The fraction of sp³-hybridized carbons (Fsp3) is 0.226. The predicted octanol–water partition coefficient (Wildman–Crippen LogP) is 7.29. The Morgan fingerprint density at radius 1 is 0.878 bits per heavy atom. The maximum absolute atomic E-state index is 14.8. The third-order valence-electron chi connectivity index (χ3n) is 6.92. The summed E-state index contributed by atoms with van der Waals surface area (Å²) in [6.07, 6.45) is 5.19. The molecule has 0 fully saturated rings. The van der Waals surface area contributed by atoms with Crippen LogP contribution in [0.2, 0.25) is 0 Å². The standard InChI is InChI=1S/C31H29F3N4O2S/c1-20-35-13-14-37(20)24-10-12-27(26(34)18-24)40-15-16-41-30-36-19-29(38(30)23-8-6-22(32)7-9-23)31(2,3)21-5-11-25(33)28(17-21)39-4/h5-14,17-19H,15-16H2,1-4H3. The largest absolute Gasteiger partial charge is 0.494 e. The molecular formula is C31H29F3N4O2S. The highest BCUT2D eigenvalue weighted by Crippen LogP contribution is 2.37. The van der Waals surface area contributed by atoms with Crippen molar-refractivity contribution < 1.29 is 22.6 Å². The zero-order chi connectivity index (χ0) is 29.1. The summed E-state index contributed by atoms with van der Waals surface area (Å²) in [5.74, 6) is 0.274. The summed E-state index contributed by atoms with van der Waals surface area (Å²) in [6.45, 7) is 6.09. The van der Waals surface area contributed by atoms with Crippen molar-refractivity contribution in [2.24, 2.45) is 0 Å². The molecule has 0 radical (unpaired) electrons. The number of aryl methyl sites for hydroxylation is 1. The van der Waals surface area contributed by atoms with Gasteiger partial charge in [0, 0.05) is 41.0 Å². The molecule has 3 aromatic carbocycles. The van der Waals surface area contributed by atoms with Crippen LogP contribution in [-0.2, 0) is 5.41 Å². The predicted molar refractivity (Wildman–Crippen MR) is 153 cm³/mol. The molecule has 0 N–H and O–H groups in total. The maximum Gasteiger partial charge on any atom is 0.172 e. The minimum Gasteiger partial charge on any atom is -0.494 e. The summed E-state index contributed by atoms with van der Waals surface area (Å²) in [5, 5.41) is 0.656. The number of thioether (sulfide) groups is 1. The number of benzene rings is 3. The van der Waals surface area contributed by atoms with Crippen molar-refractivity contribution in [1.82, 2.24) is 19.1 Å². The van der Waals surface area contributed by atoms with Gasteiger partial charge in [0.25, 0.3) is 0 Å². The van der Waals surface area contributed by atoms with E-state index in [0.717, 1.165) is 22.8 Å². The van der Waals surface area contributed by atoms with Crippen LogP contribution in [0.1, 0.15) is 30.9 Å². The summed E-state index contributed by atoms with van der Waals surface area (Å²) in [6, 6.07) is 15.7. The number of imidazole rings is 2. The molecule has 5 rings (SSSR count). The fourth-order valence-corrected chi connectivity index (χ4v) is 5.42. The molecule has 0 aliphatic rings. The number of hydrogen-bond donors (Lipinski definition) is 0. The second-order valence-corrected chi connectivity index (χ2v) is 10.9. The Labute approximate surface area is 240 Å². The molecule has 0 saturated carbocycles. The molecule has 0 unspecified atom stereocenters. The average Bonchev–Trinajstić information content (AvgIpc) is 3.59. The summed E-state index contributed by atoms with van der Waals surface area (Å²) < 4.78 is 57.4. The Morgan fingerprint density at radius 2 is 1.63 bits per heavy atom. The average molecular weight is 579 g/mol. The van der Waals surface area contributed by atoms with E-state index < -0.39 is 17.0 Å². The SMILES string of the molecule is COc1cc(C(C)(C)c2cnc(SCCOc3ccc(-n4ccnc4C)cc3F)n2-c2ccc(F)cc2)ccc1F. The van der Waals surface area contributed by atoms with E-state index in [1.807, 2.05) is 25.3 Å². The van der Waals surface area contributed by atoms with E-state index in [4.69, 9.17) is 9.47 Å². The molecule has 0 amide bonds. The summed E-state index contributed by atoms with van der Waals surface area (Å²) in [5.41, 5.74) is 2.41. The number of ether oxygens (including phenoxy) is 2. The second-order valence-electron chi connectivity index (χ2n) is 9.87. The van der Waals surface area contributed by atoms with Crippen LogP contribution in [0.3, 0.4) is 0 Å². The van der Waals surface area contributed by atoms with Crippen LogP contribution in [0.15, 0.2) is 84.4 Å². The van der Waals surface area contributed by atoms with Gasteiger partial charge in [-0.25, -0.2) is 23.1 Å². The van der Waals surface area contributed by atoms with E-state index in [2.05, 4.69) is 9.97 Å². The number of aromatic nitrogens is 4. The van der Waals surface area contributed by atoms with Crippen molar-refractivity contribution in [3.8, 4) is 22.9 Å². The van der Waals surface area contributed by atoms with Crippen LogP contribution in [0.5, 0.6) is 11.5 Å². The molecule has 212 valence electrons. The van der Waals surface area contributed by atoms with Crippen molar-refractivity contribution in [3.63, 3.8) is 0 Å². The monoisotopic (exact) mass is 578 g/mol. The Bertz CT molecular complexity index is 1660. The zero-order valence-electron chi connectivity index (χ0n) is 23.1. The Kier molecular flexibility index (Phi) is 8.12. The van der Waals surface area contributed by atoms with Gasteiger partial charge < -0.3 is 14.0 Å². The molecule has 0 aliphatic carbocycles. The van der Waals surface area contributed by atoms with Crippen molar-refractivity contribution in [3.05, 3.63) is 114 Å². The highest BCUT2D eigenvalue weighted by atomic mass is 32.2. The van der Waals surface area contributed by atoms with Gasteiger partial charge in [-0.3, -0.25) is 4.57 Å². The quantitative estimate of drug-likeness (QED) is 0.129. The van der Waals surface area contributed by atoms with Crippen LogP contribution in [0.25, 0.3) is 11.4 Å². The van der Waals surface area contributed by atoms with Gasteiger partial charge in [0.1, 0.15) is 11.6 Å². The number of rotatable bonds is 10. The van der Waals surface area contributed by atoms with Gasteiger partial charge in [-0.05, 0) is 61.0 Å². The Hall–Kier alpha value is -4.18. The molecular weight excluding hydrogens is 549 g/mol. The third kappa shape index (κ3) is 5.83. The highest BCUT2D eigenvalue weighted by Gasteiger charge is 2.30. The van der Waals surface area contributed by atoms with Crippen LogP contribution in [0.4, 0.5) is 13.2 Å². The third-order valence-corrected chi connectivity index (χ3v) is 7.84. The molecule has 0 atom stereocenters. The van der Waals surface area contributed by atoms with E-state index in [9.17, 15) is 13.2 Å². The van der Waals surface area contributed by atoms with Crippen LogP contribution < -0.4 is 9.47 Å². The lowest BCUT2D eigenvalue weighted by atomic mass is 9.81. The van der Waals surface area contributed by atoms with E-state index >= 15 is 0 Å². The minimum atomic E-state index is -0.615. The number of methoxy groups -OCH3 is 1. The first-order valence-corrected chi connectivity index (χ1v) is 13.9. The first-order valence-electron chi connectivity index (χ1n) is 12.9. The molecule has 5 aromatic rings.